The molecule has 8 rings (SSSR count). The zero-order valence-corrected chi connectivity index (χ0v) is 26.0. The summed E-state index contributed by atoms with van der Waals surface area (Å²) in [5.41, 5.74) is 5.80. The van der Waals surface area contributed by atoms with Crippen LogP contribution in [0.15, 0.2) is 133 Å². The maximum atomic E-state index is 15.9. The molecule has 1 aliphatic heterocycles. The molecular formula is C42H33NO3. The summed E-state index contributed by atoms with van der Waals surface area (Å²) in [5.74, 6) is -2.63. The zero-order valence-electron chi connectivity index (χ0n) is 26.0. The van der Waals surface area contributed by atoms with Crippen molar-refractivity contribution in [2.45, 2.75) is 31.6 Å². The lowest BCUT2D eigenvalue weighted by molar-refractivity contribution is -0.130. The van der Waals surface area contributed by atoms with Gasteiger partial charge in [-0.15, -0.1) is 0 Å². The number of carbonyl (C=O) groups is 3. The van der Waals surface area contributed by atoms with Gasteiger partial charge in [-0.3, -0.25) is 14.4 Å². The average Bonchev–Trinajstić information content (AvgIpc) is 3.59. The van der Waals surface area contributed by atoms with Crippen LogP contribution in [-0.4, -0.2) is 17.6 Å². The summed E-state index contributed by atoms with van der Waals surface area (Å²) in [6, 6.07) is 43.3. The van der Waals surface area contributed by atoms with Gasteiger partial charge in [0.1, 0.15) is 0 Å². The number of allylic oxidation sites excluding steroid dienone is 2. The molecule has 0 radical (unpaired) electrons. The van der Waals surface area contributed by atoms with Gasteiger partial charge in [-0.2, -0.15) is 0 Å². The monoisotopic (exact) mass is 599 g/mol. The maximum Gasteiger partial charge on any atom is 0.239 e. The molecule has 4 atom stereocenters. The van der Waals surface area contributed by atoms with Gasteiger partial charge in [0.15, 0.2) is 5.78 Å². The number of nitrogens with zero attached hydrogens (tertiary/aromatic N) is 1. The van der Waals surface area contributed by atoms with E-state index in [4.69, 9.17) is 0 Å². The Labute approximate surface area is 269 Å². The lowest BCUT2D eigenvalue weighted by Crippen LogP contribution is -2.45. The van der Waals surface area contributed by atoms with Crippen molar-refractivity contribution in [1.82, 2.24) is 0 Å². The van der Waals surface area contributed by atoms with E-state index < -0.39 is 22.7 Å². The molecule has 2 amide bonds. The van der Waals surface area contributed by atoms with Crippen LogP contribution in [0.2, 0.25) is 0 Å². The van der Waals surface area contributed by atoms with Crippen LogP contribution in [0.5, 0.6) is 0 Å². The summed E-state index contributed by atoms with van der Waals surface area (Å²) in [4.78, 5) is 47.3. The van der Waals surface area contributed by atoms with E-state index in [1.54, 1.807) is 0 Å². The predicted molar refractivity (Wildman–Crippen MR) is 181 cm³/mol. The van der Waals surface area contributed by atoms with E-state index in [0.29, 0.717) is 5.69 Å². The van der Waals surface area contributed by atoms with Crippen LogP contribution < -0.4 is 4.90 Å². The molecule has 46 heavy (non-hydrogen) atoms. The summed E-state index contributed by atoms with van der Waals surface area (Å²) < 4.78 is 0. The van der Waals surface area contributed by atoms with Crippen molar-refractivity contribution in [1.29, 1.82) is 0 Å². The number of hydrogen-bond donors (Lipinski definition) is 0. The van der Waals surface area contributed by atoms with Gasteiger partial charge in [0.2, 0.25) is 11.8 Å². The van der Waals surface area contributed by atoms with Gasteiger partial charge >= 0.3 is 0 Å². The van der Waals surface area contributed by atoms with Crippen LogP contribution in [0.3, 0.4) is 0 Å². The highest BCUT2D eigenvalue weighted by atomic mass is 16.2. The van der Waals surface area contributed by atoms with Crippen LogP contribution >= 0.6 is 0 Å². The quantitative estimate of drug-likeness (QED) is 0.194. The number of fused-ring (bicyclic) bond motifs is 5. The van der Waals surface area contributed by atoms with E-state index in [1.807, 2.05) is 106 Å². The topological polar surface area (TPSA) is 54.5 Å². The van der Waals surface area contributed by atoms with E-state index in [0.717, 1.165) is 50.1 Å². The van der Waals surface area contributed by atoms with E-state index in [2.05, 4.69) is 48.5 Å². The third-order valence-electron chi connectivity index (χ3n) is 10.4. The molecule has 3 aliphatic rings. The Balaban J connectivity index is 1.55. The number of aryl methyl sites for hydroxylation is 3. The van der Waals surface area contributed by atoms with E-state index >= 15 is 14.4 Å². The van der Waals surface area contributed by atoms with Gasteiger partial charge in [0.25, 0.3) is 0 Å². The van der Waals surface area contributed by atoms with Gasteiger partial charge in [0, 0.05) is 0 Å². The third kappa shape index (κ3) is 3.53. The number of rotatable bonds is 5. The van der Waals surface area contributed by atoms with Gasteiger partial charge in [0.05, 0.1) is 28.4 Å². The van der Waals surface area contributed by atoms with Crippen LogP contribution in [0.25, 0.3) is 11.1 Å². The summed E-state index contributed by atoms with van der Waals surface area (Å²) in [6.45, 7) is 6.06. The first-order valence-corrected chi connectivity index (χ1v) is 15.8. The van der Waals surface area contributed by atoms with E-state index in [9.17, 15) is 0 Å². The Morgan fingerprint density at radius 3 is 1.17 bits per heavy atom. The molecule has 2 fully saturated rings. The molecular weight excluding hydrogens is 566 g/mol. The smallest absolute Gasteiger partial charge is 0.239 e. The SMILES string of the molecule is Cc1ccc(C2=C(c3ccc(C)cc3)[C@@]3(c4ccccc4)C(=O)[C@@]2(c2ccccc2)[C@H]2C(=O)N(c4ccc(C)cc4)C(=O)[C@@H]23)cc1. The second-order valence-corrected chi connectivity index (χ2v) is 13.0. The van der Waals surface area contributed by atoms with Gasteiger partial charge in [-0.05, 0) is 66.3 Å². The summed E-state index contributed by atoms with van der Waals surface area (Å²) >= 11 is 0. The minimum atomic E-state index is -1.40. The summed E-state index contributed by atoms with van der Waals surface area (Å²) in [6.07, 6.45) is 0. The molecule has 2 aliphatic carbocycles. The van der Waals surface area contributed by atoms with E-state index in [1.165, 1.54) is 4.90 Å². The highest BCUT2D eigenvalue weighted by Gasteiger charge is 2.82. The molecule has 0 spiro atoms. The first-order chi connectivity index (χ1) is 22.3. The summed E-state index contributed by atoms with van der Waals surface area (Å²) in [7, 11) is 0. The Kier molecular flexibility index (Phi) is 6.17. The predicted octanol–water partition coefficient (Wildman–Crippen LogP) is 7.80. The Hall–Kier alpha value is -5.35. The molecule has 0 unspecified atom stereocenters. The fourth-order valence-corrected chi connectivity index (χ4v) is 8.51. The van der Waals surface area contributed by atoms with Crippen molar-refractivity contribution in [3.05, 3.63) is 172 Å². The highest BCUT2D eigenvalue weighted by molar-refractivity contribution is 6.39. The molecule has 224 valence electrons. The Morgan fingerprint density at radius 1 is 0.457 bits per heavy atom. The Bertz CT molecular complexity index is 1930. The second kappa shape index (κ2) is 10.1. The summed E-state index contributed by atoms with van der Waals surface area (Å²) in [5, 5.41) is 0. The van der Waals surface area contributed by atoms with E-state index in [-0.39, 0.29) is 17.6 Å². The molecule has 5 aromatic rings. The Morgan fingerprint density at radius 2 is 0.804 bits per heavy atom. The molecule has 0 N–H and O–H groups in total. The fraction of sp³-hybridized carbons (Fsp3) is 0.167. The van der Waals surface area contributed by atoms with Crippen molar-refractivity contribution in [3.63, 3.8) is 0 Å². The standard InChI is InChI=1S/C42H33NO3/c1-26-14-20-29(21-15-26)34-35(30-22-16-27(2)17-23-30)42(32-12-8-5-9-13-32)37-36(41(34,40(42)46)31-10-6-4-7-11-31)38(44)43(39(37)45)33-24-18-28(3)19-25-33/h4-25,36-37H,1-3H3/t36-,37-,41-,42-/m1/s1. The van der Waals surface area contributed by atoms with Crippen LogP contribution in [0.1, 0.15) is 38.9 Å². The van der Waals surface area contributed by atoms with Gasteiger partial charge in [-0.25, -0.2) is 4.90 Å². The molecule has 0 aromatic heterocycles. The van der Waals surface area contributed by atoms with Crippen LogP contribution in [0, 0.1) is 32.6 Å². The van der Waals surface area contributed by atoms with Crippen molar-refractivity contribution in [2.24, 2.45) is 11.8 Å². The number of hydrogen-bond acceptors (Lipinski definition) is 3. The van der Waals surface area contributed by atoms with Gasteiger partial charge in [-0.1, -0.05) is 138 Å². The normalized spacial score (nSPS) is 25.0. The molecule has 4 nitrogen and oxygen atoms in total. The lowest BCUT2D eigenvalue weighted by atomic mass is 9.59. The first-order valence-electron chi connectivity index (χ1n) is 15.8. The highest BCUT2D eigenvalue weighted by Crippen LogP contribution is 2.74. The minimum Gasteiger partial charge on any atom is -0.297 e. The molecule has 1 saturated carbocycles. The number of benzene rings is 5. The molecule has 1 heterocycles. The number of ketones is 1. The molecule has 5 aromatic carbocycles. The molecule has 4 heteroatoms. The fourth-order valence-electron chi connectivity index (χ4n) is 8.51. The lowest BCUT2D eigenvalue weighted by Gasteiger charge is -2.39. The second-order valence-electron chi connectivity index (χ2n) is 13.0. The largest absolute Gasteiger partial charge is 0.297 e. The van der Waals surface area contributed by atoms with Crippen LogP contribution in [0.4, 0.5) is 5.69 Å². The third-order valence-corrected chi connectivity index (χ3v) is 10.4. The van der Waals surface area contributed by atoms with Crippen molar-refractivity contribution >= 4 is 34.4 Å². The number of Topliss-reactive ketones (excluding diaryl/α,β-unsaturated/α-hetero) is 1. The average molecular weight is 600 g/mol. The van der Waals surface area contributed by atoms with Crippen molar-refractivity contribution < 1.29 is 14.4 Å². The van der Waals surface area contributed by atoms with Crippen molar-refractivity contribution in [3.8, 4) is 0 Å². The number of anilines is 1. The molecule has 1 saturated heterocycles. The molecule has 2 bridgehead atoms. The number of amides is 2. The first kappa shape index (κ1) is 28.1. The minimum absolute atomic E-state index is 0.108. The number of imide groups is 1. The van der Waals surface area contributed by atoms with Gasteiger partial charge < -0.3 is 0 Å². The van der Waals surface area contributed by atoms with Crippen molar-refractivity contribution in [2.75, 3.05) is 4.90 Å². The maximum absolute atomic E-state index is 15.9. The van der Waals surface area contributed by atoms with Crippen LogP contribution in [-0.2, 0) is 25.2 Å². The zero-order chi connectivity index (χ0) is 31.8. The number of carbonyl (C=O) groups excluding carboxylic acids is 3.